The number of rotatable bonds is 5. The Bertz CT molecular complexity index is 743. The van der Waals surface area contributed by atoms with Gasteiger partial charge in [0.1, 0.15) is 11.9 Å². The molecule has 2 heterocycles. The van der Waals surface area contributed by atoms with Gasteiger partial charge in [-0.3, -0.25) is 19.3 Å². The first-order chi connectivity index (χ1) is 12.9. The molecular weight excluding hydrogens is 374 g/mol. The first-order valence-corrected chi connectivity index (χ1v) is 9.21. The number of hydrogen-bond donors (Lipinski definition) is 1. The van der Waals surface area contributed by atoms with E-state index in [1.165, 1.54) is 19.2 Å². The number of carbonyl (C=O) groups excluding carboxylic acids is 4. The van der Waals surface area contributed by atoms with Crippen LogP contribution in [-0.4, -0.2) is 46.2 Å². The van der Waals surface area contributed by atoms with Crippen LogP contribution in [0, 0.1) is 11.8 Å². The van der Waals surface area contributed by atoms with Gasteiger partial charge in [0.15, 0.2) is 6.61 Å². The highest BCUT2D eigenvalue weighted by Crippen LogP contribution is 2.38. The lowest BCUT2D eigenvalue weighted by atomic mass is 9.81. The van der Waals surface area contributed by atoms with E-state index in [4.69, 9.17) is 16.3 Å². The molecule has 1 N–H and O–H groups in total. The fourth-order valence-corrected chi connectivity index (χ4v) is 3.67. The van der Waals surface area contributed by atoms with Gasteiger partial charge >= 0.3 is 5.97 Å². The van der Waals surface area contributed by atoms with Gasteiger partial charge in [0.2, 0.25) is 11.8 Å². The Hall–Kier alpha value is -2.48. The van der Waals surface area contributed by atoms with E-state index in [0.717, 1.165) is 17.7 Å². The van der Waals surface area contributed by atoms with E-state index in [0.29, 0.717) is 17.9 Å². The normalized spacial score (nSPS) is 23.0. The Morgan fingerprint density at radius 2 is 1.89 bits per heavy atom. The van der Waals surface area contributed by atoms with E-state index < -0.39 is 24.5 Å². The fraction of sp³-hybridized carbons (Fsp3) is 0.500. The van der Waals surface area contributed by atoms with Crippen molar-refractivity contribution in [2.45, 2.75) is 38.6 Å². The number of esters is 1. The molecule has 1 saturated heterocycles. The van der Waals surface area contributed by atoms with Gasteiger partial charge < -0.3 is 10.1 Å². The number of likely N-dealkylation sites (tertiary alicyclic amines) is 1. The van der Waals surface area contributed by atoms with Crippen LogP contribution < -0.4 is 5.32 Å². The van der Waals surface area contributed by atoms with Crippen LogP contribution in [0.5, 0.6) is 0 Å². The molecule has 0 bridgehead atoms. The van der Waals surface area contributed by atoms with Gasteiger partial charge in [0.25, 0.3) is 5.91 Å². The highest BCUT2D eigenvalue weighted by atomic mass is 35.5. The average Bonchev–Trinajstić information content (AvgIpc) is 2.92. The molecule has 3 rings (SSSR count). The maximum atomic E-state index is 12.5. The summed E-state index contributed by atoms with van der Waals surface area (Å²) in [5.41, 5.74) is 0. The van der Waals surface area contributed by atoms with E-state index in [-0.39, 0.29) is 29.5 Å². The minimum atomic E-state index is -1.06. The predicted molar refractivity (Wildman–Crippen MR) is 95.6 cm³/mol. The number of amides is 3. The minimum Gasteiger partial charge on any atom is -0.454 e. The summed E-state index contributed by atoms with van der Waals surface area (Å²) in [7, 11) is 0. The molecule has 1 aromatic heterocycles. The summed E-state index contributed by atoms with van der Waals surface area (Å²) in [5, 5.41) is 2.88. The number of fused-ring (bicyclic) bond motifs is 1. The molecule has 8 nitrogen and oxygen atoms in total. The molecule has 1 aliphatic carbocycles. The number of pyridine rings is 1. The molecule has 1 aromatic rings. The van der Waals surface area contributed by atoms with Gasteiger partial charge in [0.05, 0.1) is 16.9 Å². The van der Waals surface area contributed by atoms with Crippen LogP contribution in [-0.2, 0) is 23.9 Å². The lowest BCUT2D eigenvalue weighted by molar-refractivity contribution is -0.159. The van der Waals surface area contributed by atoms with Gasteiger partial charge in [-0.25, -0.2) is 9.78 Å². The number of ether oxygens (including phenoxy) is 1. The number of aromatic nitrogens is 1. The topological polar surface area (TPSA) is 106 Å². The predicted octanol–water partition coefficient (Wildman–Crippen LogP) is 1.78. The standard InChI is InChI=1S/C18H20ClN3O5/c1-10(22-16(24)12-4-2-3-5-13(12)17(22)25)18(26)27-9-15(23)21-14-7-6-11(19)8-20-14/h6-8,10,12-13H,2-5,9H2,1H3,(H,20,21,23)/t10-,12-,13-/m0/s1. The van der Waals surface area contributed by atoms with Crippen molar-refractivity contribution in [1.29, 1.82) is 0 Å². The van der Waals surface area contributed by atoms with E-state index in [1.54, 1.807) is 6.07 Å². The summed E-state index contributed by atoms with van der Waals surface area (Å²) in [4.78, 5) is 54.0. The fourth-order valence-electron chi connectivity index (χ4n) is 3.56. The van der Waals surface area contributed by atoms with Crippen molar-refractivity contribution in [3.63, 3.8) is 0 Å². The third kappa shape index (κ3) is 4.10. The summed E-state index contributed by atoms with van der Waals surface area (Å²) < 4.78 is 4.97. The Morgan fingerprint density at radius 1 is 1.26 bits per heavy atom. The molecule has 9 heteroatoms. The van der Waals surface area contributed by atoms with Crippen molar-refractivity contribution in [1.82, 2.24) is 9.88 Å². The van der Waals surface area contributed by atoms with E-state index >= 15 is 0 Å². The maximum absolute atomic E-state index is 12.5. The lowest BCUT2D eigenvalue weighted by Crippen LogP contribution is -2.45. The second-order valence-corrected chi connectivity index (χ2v) is 7.17. The summed E-state index contributed by atoms with van der Waals surface area (Å²) in [6, 6.07) is 2.01. The molecule has 1 saturated carbocycles. The Morgan fingerprint density at radius 3 is 2.44 bits per heavy atom. The highest BCUT2D eigenvalue weighted by Gasteiger charge is 2.51. The van der Waals surface area contributed by atoms with Gasteiger partial charge in [0, 0.05) is 6.20 Å². The zero-order valence-electron chi connectivity index (χ0n) is 14.8. The van der Waals surface area contributed by atoms with Gasteiger partial charge in [-0.05, 0) is 31.9 Å². The Balaban J connectivity index is 1.54. The van der Waals surface area contributed by atoms with Crippen molar-refractivity contribution in [3.8, 4) is 0 Å². The second kappa shape index (κ2) is 8.04. The average molecular weight is 394 g/mol. The van der Waals surface area contributed by atoms with Gasteiger partial charge in [-0.1, -0.05) is 24.4 Å². The van der Waals surface area contributed by atoms with Crippen molar-refractivity contribution in [3.05, 3.63) is 23.4 Å². The molecule has 2 aliphatic rings. The molecule has 0 spiro atoms. The van der Waals surface area contributed by atoms with Crippen molar-refractivity contribution in [2.24, 2.45) is 11.8 Å². The number of nitrogens with zero attached hydrogens (tertiary/aromatic N) is 2. The molecule has 0 radical (unpaired) electrons. The second-order valence-electron chi connectivity index (χ2n) is 6.74. The van der Waals surface area contributed by atoms with Crippen molar-refractivity contribution >= 4 is 41.1 Å². The smallest absolute Gasteiger partial charge is 0.329 e. The van der Waals surface area contributed by atoms with Crippen LogP contribution in [0.25, 0.3) is 0 Å². The largest absolute Gasteiger partial charge is 0.454 e. The first kappa shape index (κ1) is 19.3. The number of nitrogens with one attached hydrogen (secondary N) is 1. The van der Waals surface area contributed by atoms with Gasteiger partial charge in [-0.15, -0.1) is 0 Å². The van der Waals surface area contributed by atoms with Crippen molar-refractivity contribution < 1.29 is 23.9 Å². The highest BCUT2D eigenvalue weighted by molar-refractivity contribution is 6.30. The van der Waals surface area contributed by atoms with Crippen LogP contribution in [0.1, 0.15) is 32.6 Å². The van der Waals surface area contributed by atoms with Crippen LogP contribution in [0.4, 0.5) is 5.82 Å². The molecule has 3 atom stereocenters. The molecule has 27 heavy (non-hydrogen) atoms. The molecule has 144 valence electrons. The van der Waals surface area contributed by atoms with Crippen LogP contribution in [0.3, 0.4) is 0 Å². The maximum Gasteiger partial charge on any atom is 0.329 e. The summed E-state index contributed by atoms with van der Waals surface area (Å²) >= 11 is 5.71. The number of imide groups is 1. The summed E-state index contributed by atoms with van der Waals surface area (Å²) in [5.74, 6) is -2.41. The third-order valence-corrected chi connectivity index (χ3v) is 5.17. The number of halogens is 1. The van der Waals surface area contributed by atoms with E-state index in [1.807, 2.05) is 0 Å². The van der Waals surface area contributed by atoms with Gasteiger partial charge in [-0.2, -0.15) is 0 Å². The third-order valence-electron chi connectivity index (χ3n) is 4.94. The Labute approximate surface area is 161 Å². The van der Waals surface area contributed by atoms with Crippen molar-refractivity contribution in [2.75, 3.05) is 11.9 Å². The molecule has 2 fully saturated rings. The Kier molecular flexibility index (Phi) is 5.74. The molecular formula is C18H20ClN3O5. The molecule has 3 amide bonds. The summed E-state index contributed by atoms with van der Waals surface area (Å²) in [6.45, 7) is 0.894. The quantitative estimate of drug-likeness (QED) is 0.603. The number of anilines is 1. The number of hydrogen-bond acceptors (Lipinski definition) is 6. The van der Waals surface area contributed by atoms with Crippen LogP contribution >= 0.6 is 11.6 Å². The molecule has 0 unspecified atom stereocenters. The summed E-state index contributed by atoms with van der Waals surface area (Å²) in [6.07, 6.45) is 4.53. The SMILES string of the molecule is C[C@@H](C(=O)OCC(=O)Nc1ccc(Cl)cn1)N1C(=O)[C@H]2CCCC[C@@H]2C1=O. The van der Waals surface area contributed by atoms with E-state index in [9.17, 15) is 19.2 Å². The minimum absolute atomic E-state index is 0.266. The monoisotopic (exact) mass is 393 g/mol. The van der Waals surface area contributed by atoms with Crippen LogP contribution in [0.2, 0.25) is 5.02 Å². The molecule has 0 aromatic carbocycles. The van der Waals surface area contributed by atoms with Crippen LogP contribution in [0.15, 0.2) is 18.3 Å². The van der Waals surface area contributed by atoms with E-state index in [2.05, 4.69) is 10.3 Å². The number of carbonyl (C=O) groups is 4. The zero-order chi connectivity index (χ0) is 19.6. The lowest BCUT2D eigenvalue weighted by Gasteiger charge is -2.21. The zero-order valence-corrected chi connectivity index (χ0v) is 15.6. The molecule has 1 aliphatic heterocycles. The first-order valence-electron chi connectivity index (χ1n) is 8.83.